The van der Waals surface area contributed by atoms with Crippen LogP contribution in [0.4, 0.5) is 0 Å². The first kappa shape index (κ1) is 17.9. The van der Waals surface area contributed by atoms with Crippen LogP contribution in [0.1, 0.15) is 24.8 Å². The Morgan fingerprint density at radius 1 is 1.29 bits per heavy atom. The van der Waals surface area contributed by atoms with Crippen LogP contribution in [0.2, 0.25) is 0 Å². The minimum Gasteiger partial charge on any atom is -0.493 e. The van der Waals surface area contributed by atoms with E-state index in [-0.39, 0.29) is 12.4 Å². The van der Waals surface area contributed by atoms with Crippen LogP contribution in [0.3, 0.4) is 0 Å². The highest BCUT2D eigenvalue weighted by molar-refractivity contribution is 5.85. The van der Waals surface area contributed by atoms with Crippen LogP contribution in [0.5, 0.6) is 11.5 Å². The molecule has 0 aromatic heterocycles. The summed E-state index contributed by atoms with van der Waals surface area (Å²) in [4.78, 5) is 0. The van der Waals surface area contributed by atoms with E-state index in [2.05, 4.69) is 18.0 Å². The first-order valence-corrected chi connectivity index (χ1v) is 7.45. The van der Waals surface area contributed by atoms with Gasteiger partial charge in [-0.15, -0.1) is 19.0 Å². The second kappa shape index (κ2) is 9.69. The fraction of sp³-hybridized carbons (Fsp3) is 0.529. The molecule has 1 fully saturated rings. The Bertz CT molecular complexity index is 431. The summed E-state index contributed by atoms with van der Waals surface area (Å²) in [5.41, 5.74) is 1.20. The van der Waals surface area contributed by atoms with Crippen molar-refractivity contribution in [1.29, 1.82) is 0 Å². The number of piperidine rings is 1. The van der Waals surface area contributed by atoms with Crippen molar-refractivity contribution in [3.05, 3.63) is 36.4 Å². The highest BCUT2D eigenvalue weighted by Gasteiger charge is 2.13. The Labute approximate surface area is 134 Å². The molecule has 1 heterocycles. The second-order valence-electron chi connectivity index (χ2n) is 5.31. The van der Waals surface area contributed by atoms with Crippen LogP contribution in [-0.4, -0.2) is 26.8 Å². The van der Waals surface area contributed by atoms with Crippen LogP contribution in [-0.2, 0) is 6.42 Å². The van der Waals surface area contributed by atoms with Gasteiger partial charge in [0.1, 0.15) is 0 Å². The molecule has 0 atom stereocenters. The molecule has 0 amide bonds. The van der Waals surface area contributed by atoms with Gasteiger partial charge in [-0.1, -0.05) is 12.1 Å². The van der Waals surface area contributed by atoms with E-state index in [1.807, 2.05) is 18.2 Å². The Hall–Kier alpha value is -1.19. The fourth-order valence-electron chi connectivity index (χ4n) is 2.63. The number of hydrogen-bond donors (Lipinski definition) is 1. The zero-order valence-corrected chi connectivity index (χ0v) is 13.6. The monoisotopic (exact) mass is 311 g/mol. The number of rotatable bonds is 7. The number of methoxy groups -OCH3 is 1. The molecule has 0 aliphatic carbocycles. The maximum atomic E-state index is 5.89. The lowest BCUT2D eigenvalue weighted by atomic mass is 9.95. The standard InChI is InChI=1S/C17H25NO2.ClH/c1-3-4-15-5-6-16(17(13-15)19-2)20-12-9-14-7-10-18-11-8-14;/h3,5-6,13-14,18H,1,4,7-12H2,2H3;1H. The van der Waals surface area contributed by atoms with E-state index in [0.717, 1.165) is 50.0 Å². The van der Waals surface area contributed by atoms with Gasteiger partial charge in [0.2, 0.25) is 0 Å². The van der Waals surface area contributed by atoms with E-state index in [1.54, 1.807) is 7.11 Å². The van der Waals surface area contributed by atoms with E-state index in [0.29, 0.717) is 0 Å². The first-order valence-electron chi connectivity index (χ1n) is 7.45. The minimum atomic E-state index is 0. The van der Waals surface area contributed by atoms with Crippen LogP contribution >= 0.6 is 12.4 Å². The molecule has 2 rings (SSSR count). The molecule has 3 nitrogen and oxygen atoms in total. The second-order valence-corrected chi connectivity index (χ2v) is 5.31. The van der Waals surface area contributed by atoms with Crippen LogP contribution in [0.25, 0.3) is 0 Å². The summed E-state index contributed by atoms with van der Waals surface area (Å²) in [6.45, 7) is 6.81. The average Bonchev–Trinajstić information content (AvgIpc) is 2.50. The summed E-state index contributed by atoms with van der Waals surface area (Å²) >= 11 is 0. The number of allylic oxidation sites excluding steroid dienone is 1. The summed E-state index contributed by atoms with van der Waals surface area (Å²) < 4.78 is 11.3. The summed E-state index contributed by atoms with van der Waals surface area (Å²) in [6, 6.07) is 6.10. The van der Waals surface area contributed by atoms with Crippen LogP contribution < -0.4 is 14.8 Å². The lowest BCUT2D eigenvalue weighted by Gasteiger charge is -2.22. The summed E-state index contributed by atoms with van der Waals surface area (Å²) in [5.74, 6) is 2.45. The first-order chi connectivity index (χ1) is 9.83. The molecule has 0 radical (unpaired) electrons. The Morgan fingerprint density at radius 2 is 2.05 bits per heavy atom. The van der Waals surface area contributed by atoms with Gasteiger partial charge in [0, 0.05) is 0 Å². The number of halogens is 1. The summed E-state index contributed by atoms with van der Waals surface area (Å²) in [6.07, 6.45) is 6.40. The smallest absolute Gasteiger partial charge is 0.161 e. The Morgan fingerprint density at radius 3 is 2.71 bits per heavy atom. The molecule has 1 aliphatic heterocycles. The predicted octanol–water partition coefficient (Wildman–Crippen LogP) is 3.61. The van der Waals surface area contributed by atoms with Crippen molar-refractivity contribution in [2.75, 3.05) is 26.8 Å². The molecule has 1 aromatic rings. The zero-order chi connectivity index (χ0) is 14.2. The van der Waals surface area contributed by atoms with Crippen molar-refractivity contribution in [2.45, 2.75) is 25.7 Å². The third-order valence-corrected chi connectivity index (χ3v) is 3.85. The molecule has 0 unspecified atom stereocenters. The molecule has 118 valence electrons. The van der Waals surface area contributed by atoms with Gasteiger partial charge in [0.25, 0.3) is 0 Å². The molecule has 1 N–H and O–H groups in total. The van der Waals surface area contributed by atoms with E-state index in [1.165, 1.54) is 18.4 Å². The number of benzene rings is 1. The van der Waals surface area contributed by atoms with Crippen molar-refractivity contribution in [1.82, 2.24) is 5.32 Å². The SMILES string of the molecule is C=CCc1ccc(OCCC2CCNCC2)c(OC)c1.Cl. The quantitative estimate of drug-likeness (QED) is 0.780. The fourth-order valence-corrected chi connectivity index (χ4v) is 2.63. The van der Waals surface area contributed by atoms with Crippen molar-refractivity contribution in [2.24, 2.45) is 5.92 Å². The Balaban J connectivity index is 0.00000220. The van der Waals surface area contributed by atoms with Gasteiger partial charge in [-0.25, -0.2) is 0 Å². The van der Waals surface area contributed by atoms with E-state index in [4.69, 9.17) is 9.47 Å². The van der Waals surface area contributed by atoms with Gasteiger partial charge in [-0.2, -0.15) is 0 Å². The van der Waals surface area contributed by atoms with Gasteiger partial charge >= 0.3 is 0 Å². The van der Waals surface area contributed by atoms with Crippen molar-refractivity contribution >= 4 is 12.4 Å². The third-order valence-electron chi connectivity index (χ3n) is 3.85. The molecule has 0 spiro atoms. The highest BCUT2D eigenvalue weighted by atomic mass is 35.5. The van der Waals surface area contributed by atoms with E-state index < -0.39 is 0 Å². The van der Waals surface area contributed by atoms with Crippen molar-refractivity contribution in [3.63, 3.8) is 0 Å². The number of nitrogens with one attached hydrogen (secondary N) is 1. The van der Waals surface area contributed by atoms with Gasteiger partial charge in [-0.3, -0.25) is 0 Å². The molecular weight excluding hydrogens is 286 g/mol. The Kier molecular flexibility index (Phi) is 8.24. The molecule has 0 bridgehead atoms. The highest BCUT2D eigenvalue weighted by Crippen LogP contribution is 2.29. The van der Waals surface area contributed by atoms with Gasteiger partial charge in [0.15, 0.2) is 11.5 Å². The maximum Gasteiger partial charge on any atom is 0.161 e. The predicted molar refractivity (Wildman–Crippen MR) is 89.8 cm³/mol. The zero-order valence-electron chi connectivity index (χ0n) is 12.8. The van der Waals surface area contributed by atoms with E-state index >= 15 is 0 Å². The van der Waals surface area contributed by atoms with Crippen LogP contribution in [0.15, 0.2) is 30.9 Å². The molecule has 21 heavy (non-hydrogen) atoms. The van der Waals surface area contributed by atoms with Crippen molar-refractivity contribution < 1.29 is 9.47 Å². The van der Waals surface area contributed by atoms with Gasteiger partial charge in [0.05, 0.1) is 13.7 Å². The lowest BCUT2D eigenvalue weighted by Crippen LogP contribution is -2.28. The van der Waals surface area contributed by atoms with E-state index in [9.17, 15) is 0 Å². The largest absolute Gasteiger partial charge is 0.493 e. The maximum absolute atomic E-state index is 5.89. The van der Waals surface area contributed by atoms with Crippen molar-refractivity contribution in [3.8, 4) is 11.5 Å². The minimum absolute atomic E-state index is 0. The number of hydrogen-bond acceptors (Lipinski definition) is 3. The molecule has 0 saturated carbocycles. The topological polar surface area (TPSA) is 30.5 Å². The molecule has 4 heteroatoms. The number of ether oxygens (including phenoxy) is 2. The summed E-state index contributed by atoms with van der Waals surface area (Å²) in [7, 11) is 1.69. The lowest BCUT2D eigenvalue weighted by molar-refractivity contribution is 0.243. The average molecular weight is 312 g/mol. The summed E-state index contributed by atoms with van der Waals surface area (Å²) in [5, 5.41) is 3.39. The molecule has 1 aromatic carbocycles. The normalized spacial score (nSPS) is 15.1. The molecular formula is C17H26ClNO2. The van der Waals surface area contributed by atoms with Crippen LogP contribution in [0, 0.1) is 5.92 Å². The molecule has 1 aliphatic rings. The van der Waals surface area contributed by atoms with Gasteiger partial charge in [-0.05, 0) is 62.4 Å². The van der Waals surface area contributed by atoms with Gasteiger partial charge < -0.3 is 14.8 Å². The molecule has 1 saturated heterocycles. The third kappa shape index (κ3) is 5.60.